The van der Waals surface area contributed by atoms with Crippen LogP contribution < -0.4 is 5.32 Å². The first kappa shape index (κ1) is 15.5. The Hall–Kier alpha value is -2.98. The highest BCUT2D eigenvalue weighted by Crippen LogP contribution is 2.24. The van der Waals surface area contributed by atoms with Gasteiger partial charge in [-0.05, 0) is 23.3 Å². The van der Waals surface area contributed by atoms with Gasteiger partial charge in [-0.15, -0.1) is 0 Å². The van der Waals surface area contributed by atoms with Crippen LogP contribution in [0.25, 0.3) is 22.2 Å². The molecule has 0 aliphatic carbocycles. The fourth-order valence-electron chi connectivity index (χ4n) is 3.01. The van der Waals surface area contributed by atoms with Crippen molar-refractivity contribution in [2.45, 2.75) is 19.5 Å². The Morgan fingerprint density at radius 2 is 1.68 bits per heavy atom. The van der Waals surface area contributed by atoms with Gasteiger partial charge in [-0.25, -0.2) is 0 Å². The van der Waals surface area contributed by atoms with Gasteiger partial charge in [-0.2, -0.15) is 4.98 Å². The molecular weight excluding hydrogens is 310 g/mol. The molecule has 0 aliphatic rings. The Bertz CT molecular complexity index is 973. The summed E-state index contributed by atoms with van der Waals surface area (Å²) in [6.07, 6.45) is 0. The van der Waals surface area contributed by atoms with Crippen molar-refractivity contribution in [1.29, 1.82) is 0 Å². The van der Waals surface area contributed by atoms with Gasteiger partial charge >= 0.3 is 0 Å². The Morgan fingerprint density at radius 3 is 2.56 bits per heavy atom. The van der Waals surface area contributed by atoms with Crippen LogP contribution in [0.5, 0.6) is 0 Å². The van der Waals surface area contributed by atoms with Crippen LogP contribution in [0.3, 0.4) is 0 Å². The van der Waals surface area contributed by atoms with E-state index >= 15 is 0 Å². The number of rotatable bonds is 5. The van der Waals surface area contributed by atoms with Crippen LogP contribution in [-0.2, 0) is 6.54 Å². The van der Waals surface area contributed by atoms with Gasteiger partial charge < -0.3 is 9.84 Å². The lowest BCUT2D eigenvalue weighted by atomic mass is 10.00. The Kier molecular flexibility index (Phi) is 4.27. The first-order chi connectivity index (χ1) is 12.3. The van der Waals surface area contributed by atoms with Gasteiger partial charge in [0.25, 0.3) is 0 Å². The molecule has 3 aromatic carbocycles. The SMILES string of the molecule is C[C@@H](NCc1nc(-c2ccccc2)no1)c1cccc2ccccc12. The second-order valence-corrected chi connectivity index (χ2v) is 6.05. The highest BCUT2D eigenvalue weighted by molar-refractivity contribution is 5.86. The zero-order valence-corrected chi connectivity index (χ0v) is 14.0. The highest BCUT2D eigenvalue weighted by Gasteiger charge is 2.12. The van der Waals surface area contributed by atoms with E-state index in [1.807, 2.05) is 30.3 Å². The van der Waals surface area contributed by atoms with Gasteiger partial charge in [0.05, 0.1) is 6.54 Å². The minimum atomic E-state index is 0.179. The molecule has 4 rings (SSSR count). The summed E-state index contributed by atoms with van der Waals surface area (Å²) in [6, 6.07) is 24.8. The molecule has 0 saturated heterocycles. The van der Waals surface area contributed by atoms with Crippen LogP contribution in [-0.4, -0.2) is 10.1 Å². The van der Waals surface area contributed by atoms with E-state index in [0.717, 1.165) is 5.56 Å². The fourth-order valence-corrected chi connectivity index (χ4v) is 3.01. The Labute approximate surface area is 146 Å². The van der Waals surface area contributed by atoms with Crippen LogP contribution in [0.15, 0.2) is 77.3 Å². The van der Waals surface area contributed by atoms with Gasteiger partial charge in [0, 0.05) is 11.6 Å². The van der Waals surface area contributed by atoms with Gasteiger partial charge in [0.15, 0.2) is 0 Å². The average molecular weight is 329 g/mol. The number of fused-ring (bicyclic) bond motifs is 1. The molecule has 4 heteroatoms. The third-order valence-electron chi connectivity index (χ3n) is 4.35. The summed E-state index contributed by atoms with van der Waals surface area (Å²) in [7, 11) is 0. The molecule has 1 N–H and O–H groups in total. The molecular formula is C21H19N3O. The summed E-state index contributed by atoms with van der Waals surface area (Å²) in [5.41, 5.74) is 2.22. The maximum Gasteiger partial charge on any atom is 0.240 e. The maximum absolute atomic E-state index is 5.37. The van der Waals surface area contributed by atoms with Crippen molar-refractivity contribution >= 4 is 10.8 Å². The lowest BCUT2D eigenvalue weighted by Gasteiger charge is -2.15. The van der Waals surface area contributed by atoms with E-state index in [-0.39, 0.29) is 6.04 Å². The number of hydrogen-bond donors (Lipinski definition) is 1. The van der Waals surface area contributed by atoms with Crippen molar-refractivity contribution in [1.82, 2.24) is 15.5 Å². The van der Waals surface area contributed by atoms with Crippen molar-refractivity contribution in [2.24, 2.45) is 0 Å². The molecule has 0 saturated carbocycles. The topological polar surface area (TPSA) is 51.0 Å². The minimum Gasteiger partial charge on any atom is -0.338 e. The molecule has 25 heavy (non-hydrogen) atoms. The quantitative estimate of drug-likeness (QED) is 0.574. The number of aromatic nitrogens is 2. The molecule has 1 heterocycles. The van der Waals surface area contributed by atoms with Gasteiger partial charge in [-0.1, -0.05) is 78.0 Å². The van der Waals surface area contributed by atoms with E-state index in [9.17, 15) is 0 Å². The van der Waals surface area contributed by atoms with E-state index in [0.29, 0.717) is 18.3 Å². The highest BCUT2D eigenvalue weighted by atomic mass is 16.5. The summed E-state index contributed by atoms with van der Waals surface area (Å²) in [4.78, 5) is 4.47. The lowest BCUT2D eigenvalue weighted by molar-refractivity contribution is 0.361. The molecule has 0 amide bonds. The zero-order valence-electron chi connectivity index (χ0n) is 14.0. The van der Waals surface area contributed by atoms with Gasteiger partial charge in [0.2, 0.25) is 11.7 Å². The molecule has 1 aromatic heterocycles. The number of hydrogen-bond acceptors (Lipinski definition) is 4. The molecule has 0 fully saturated rings. The molecule has 1 atom stereocenters. The standard InChI is InChI=1S/C21H19N3O/c1-15(18-13-7-11-16-8-5-6-12-19(16)18)22-14-20-23-21(24-25-20)17-9-3-2-4-10-17/h2-13,15,22H,14H2,1H3/t15-/m1/s1. The first-order valence-corrected chi connectivity index (χ1v) is 8.40. The van der Waals surface area contributed by atoms with Crippen LogP contribution >= 0.6 is 0 Å². The molecule has 0 spiro atoms. The predicted molar refractivity (Wildman–Crippen MR) is 98.9 cm³/mol. The van der Waals surface area contributed by atoms with Crippen LogP contribution in [0, 0.1) is 0 Å². The first-order valence-electron chi connectivity index (χ1n) is 8.40. The van der Waals surface area contributed by atoms with E-state index < -0.39 is 0 Å². The van der Waals surface area contributed by atoms with Crippen molar-refractivity contribution in [2.75, 3.05) is 0 Å². The molecule has 4 nitrogen and oxygen atoms in total. The summed E-state index contributed by atoms with van der Waals surface area (Å²) in [5.74, 6) is 1.21. The summed E-state index contributed by atoms with van der Waals surface area (Å²) in [6.45, 7) is 2.68. The van der Waals surface area contributed by atoms with E-state index in [2.05, 4.69) is 64.8 Å². The maximum atomic E-state index is 5.37. The van der Waals surface area contributed by atoms with Crippen LogP contribution in [0.2, 0.25) is 0 Å². The third kappa shape index (κ3) is 3.30. The summed E-state index contributed by atoms with van der Waals surface area (Å²) < 4.78 is 5.37. The molecule has 0 aliphatic heterocycles. The van der Waals surface area contributed by atoms with E-state index in [4.69, 9.17) is 4.52 Å². The van der Waals surface area contributed by atoms with E-state index in [1.54, 1.807) is 0 Å². The monoisotopic (exact) mass is 329 g/mol. The Morgan fingerprint density at radius 1 is 0.920 bits per heavy atom. The number of nitrogens with zero attached hydrogens (tertiary/aromatic N) is 2. The van der Waals surface area contributed by atoms with Crippen LogP contribution in [0.1, 0.15) is 24.4 Å². The fraction of sp³-hybridized carbons (Fsp3) is 0.143. The largest absolute Gasteiger partial charge is 0.338 e. The van der Waals surface area contributed by atoms with Gasteiger partial charge in [-0.3, -0.25) is 0 Å². The summed E-state index contributed by atoms with van der Waals surface area (Å²) >= 11 is 0. The Balaban J connectivity index is 1.49. The zero-order chi connectivity index (χ0) is 17.1. The van der Waals surface area contributed by atoms with Gasteiger partial charge in [0.1, 0.15) is 0 Å². The molecule has 0 radical (unpaired) electrons. The predicted octanol–water partition coefficient (Wildman–Crippen LogP) is 4.74. The second-order valence-electron chi connectivity index (χ2n) is 6.05. The van der Waals surface area contributed by atoms with Crippen molar-refractivity contribution in [3.63, 3.8) is 0 Å². The minimum absolute atomic E-state index is 0.179. The number of nitrogens with one attached hydrogen (secondary N) is 1. The third-order valence-corrected chi connectivity index (χ3v) is 4.35. The lowest BCUT2D eigenvalue weighted by Crippen LogP contribution is -2.18. The van der Waals surface area contributed by atoms with Crippen LogP contribution in [0.4, 0.5) is 0 Å². The average Bonchev–Trinajstić information content (AvgIpc) is 3.15. The van der Waals surface area contributed by atoms with Crippen molar-refractivity contribution in [3.05, 3.63) is 84.3 Å². The normalized spacial score (nSPS) is 12.4. The molecule has 0 unspecified atom stereocenters. The molecule has 124 valence electrons. The molecule has 4 aromatic rings. The smallest absolute Gasteiger partial charge is 0.240 e. The molecule has 0 bridgehead atoms. The van der Waals surface area contributed by atoms with Crippen molar-refractivity contribution < 1.29 is 4.52 Å². The number of benzene rings is 3. The second kappa shape index (κ2) is 6.87. The summed E-state index contributed by atoms with van der Waals surface area (Å²) in [5, 5.41) is 10.0. The van der Waals surface area contributed by atoms with E-state index in [1.165, 1.54) is 16.3 Å². The van der Waals surface area contributed by atoms with Crippen molar-refractivity contribution in [3.8, 4) is 11.4 Å².